The molecule has 1 unspecified atom stereocenters. The van der Waals surface area contributed by atoms with Gasteiger partial charge in [-0.15, -0.1) is 0 Å². The molecule has 1 atom stereocenters. The van der Waals surface area contributed by atoms with E-state index in [0.717, 1.165) is 22.3 Å². The lowest BCUT2D eigenvalue weighted by Crippen LogP contribution is -2.38. The standard InChI is InChI=1S/C14H23NO3S/c1-9-7-10(2)13(5)14(12(9)4)19(17,18)15(6)11(3)8-16/h7,11,16H,8H2,1-6H3. The summed E-state index contributed by atoms with van der Waals surface area (Å²) < 4.78 is 26.6. The molecular formula is C14H23NO3S. The Morgan fingerprint density at radius 2 is 1.58 bits per heavy atom. The normalized spacial score (nSPS) is 13.9. The van der Waals surface area contributed by atoms with E-state index in [9.17, 15) is 8.42 Å². The van der Waals surface area contributed by atoms with Crippen molar-refractivity contribution in [1.29, 1.82) is 0 Å². The maximum absolute atomic E-state index is 12.7. The molecule has 19 heavy (non-hydrogen) atoms. The SMILES string of the molecule is Cc1cc(C)c(C)c(S(=O)(=O)N(C)C(C)CO)c1C. The number of aliphatic hydroxyl groups excluding tert-OH is 1. The fourth-order valence-electron chi connectivity index (χ4n) is 2.06. The summed E-state index contributed by atoms with van der Waals surface area (Å²) in [6.45, 7) is 8.97. The molecule has 0 saturated heterocycles. The minimum atomic E-state index is -3.58. The third-order valence-electron chi connectivity index (χ3n) is 3.82. The van der Waals surface area contributed by atoms with Gasteiger partial charge in [-0.2, -0.15) is 4.31 Å². The zero-order valence-electron chi connectivity index (χ0n) is 12.5. The van der Waals surface area contributed by atoms with Crippen LogP contribution in [-0.4, -0.2) is 37.5 Å². The molecule has 0 aliphatic heterocycles. The van der Waals surface area contributed by atoms with Crippen LogP contribution in [0.5, 0.6) is 0 Å². The van der Waals surface area contributed by atoms with Gasteiger partial charge in [0.1, 0.15) is 0 Å². The highest BCUT2D eigenvalue weighted by molar-refractivity contribution is 7.89. The largest absolute Gasteiger partial charge is 0.395 e. The van der Waals surface area contributed by atoms with Crippen molar-refractivity contribution in [3.8, 4) is 0 Å². The number of hydrogen-bond donors (Lipinski definition) is 1. The minimum absolute atomic E-state index is 0.196. The monoisotopic (exact) mass is 285 g/mol. The molecule has 0 aromatic heterocycles. The fourth-order valence-corrected chi connectivity index (χ4v) is 3.99. The van der Waals surface area contributed by atoms with Crippen LogP contribution in [0.15, 0.2) is 11.0 Å². The molecule has 0 spiro atoms. The van der Waals surface area contributed by atoms with Crippen molar-refractivity contribution >= 4 is 10.0 Å². The first kappa shape index (κ1) is 16.1. The molecule has 0 bridgehead atoms. The second-order valence-corrected chi connectivity index (χ2v) is 7.08. The third-order valence-corrected chi connectivity index (χ3v) is 6.07. The number of rotatable bonds is 4. The summed E-state index contributed by atoms with van der Waals surface area (Å²) in [6, 6.07) is 1.56. The molecule has 1 aromatic carbocycles. The van der Waals surface area contributed by atoms with Gasteiger partial charge in [-0.05, 0) is 56.9 Å². The molecule has 0 fully saturated rings. The maximum Gasteiger partial charge on any atom is 0.243 e. The van der Waals surface area contributed by atoms with Crippen molar-refractivity contribution < 1.29 is 13.5 Å². The number of aryl methyl sites for hydroxylation is 2. The lowest BCUT2D eigenvalue weighted by Gasteiger charge is -2.25. The van der Waals surface area contributed by atoms with Gasteiger partial charge in [0.25, 0.3) is 0 Å². The van der Waals surface area contributed by atoms with Gasteiger partial charge in [0.15, 0.2) is 0 Å². The molecule has 0 aliphatic rings. The topological polar surface area (TPSA) is 57.6 Å². The van der Waals surface area contributed by atoms with Crippen LogP contribution in [0.25, 0.3) is 0 Å². The van der Waals surface area contributed by atoms with E-state index in [4.69, 9.17) is 5.11 Å². The summed E-state index contributed by atoms with van der Waals surface area (Å²) in [7, 11) is -2.08. The average Bonchev–Trinajstić information content (AvgIpc) is 2.34. The highest BCUT2D eigenvalue weighted by Gasteiger charge is 2.29. The van der Waals surface area contributed by atoms with E-state index < -0.39 is 16.1 Å². The zero-order chi connectivity index (χ0) is 15.0. The van der Waals surface area contributed by atoms with Gasteiger partial charge >= 0.3 is 0 Å². The Kier molecular flexibility index (Phi) is 4.76. The summed E-state index contributed by atoms with van der Waals surface area (Å²) in [6.07, 6.45) is 0. The molecule has 0 aliphatic carbocycles. The molecule has 0 heterocycles. The predicted octanol–water partition coefficient (Wildman–Crippen LogP) is 1.92. The highest BCUT2D eigenvalue weighted by atomic mass is 32.2. The Morgan fingerprint density at radius 1 is 1.16 bits per heavy atom. The van der Waals surface area contributed by atoms with Gasteiger partial charge in [-0.25, -0.2) is 8.42 Å². The predicted molar refractivity (Wildman–Crippen MR) is 76.9 cm³/mol. The minimum Gasteiger partial charge on any atom is -0.395 e. The van der Waals surface area contributed by atoms with Crippen LogP contribution >= 0.6 is 0 Å². The van der Waals surface area contributed by atoms with Gasteiger partial charge < -0.3 is 5.11 Å². The van der Waals surface area contributed by atoms with Crippen LogP contribution in [0.2, 0.25) is 0 Å². The van der Waals surface area contributed by atoms with E-state index in [1.54, 1.807) is 6.92 Å². The van der Waals surface area contributed by atoms with Crippen molar-refractivity contribution in [2.45, 2.75) is 45.6 Å². The van der Waals surface area contributed by atoms with Crippen LogP contribution < -0.4 is 0 Å². The highest BCUT2D eigenvalue weighted by Crippen LogP contribution is 2.28. The Labute approximate surface area is 116 Å². The molecule has 1 N–H and O–H groups in total. The van der Waals surface area contributed by atoms with Crippen molar-refractivity contribution in [3.05, 3.63) is 28.3 Å². The van der Waals surface area contributed by atoms with E-state index in [2.05, 4.69) is 0 Å². The number of likely N-dealkylation sites (N-methyl/N-ethyl adjacent to an activating group) is 1. The van der Waals surface area contributed by atoms with E-state index in [1.807, 2.05) is 33.8 Å². The first-order valence-corrected chi connectivity index (χ1v) is 7.74. The van der Waals surface area contributed by atoms with Crippen molar-refractivity contribution in [2.75, 3.05) is 13.7 Å². The number of aliphatic hydroxyl groups is 1. The van der Waals surface area contributed by atoms with Crippen LogP contribution in [0.4, 0.5) is 0 Å². The zero-order valence-corrected chi connectivity index (χ0v) is 13.3. The summed E-state index contributed by atoms with van der Waals surface area (Å²) >= 11 is 0. The Balaban J connectivity index is 3.54. The Bertz CT molecular complexity index is 553. The summed E-state index contributed by atoms with van der Waals surface area (Å²) in [4.78, 5) is 0.368. The molecule has 5 heteroatoms. The van der Waals surface area contributed by atoms with Crippen molar-refractivity contribution in [3.63, 3.8) is 0 Å². The van der Waals surface area contributed by atoms with E-state index in [-0.39, 0.29) is 6.61 Å². The first-order valence-electron chi connectivity index (χ1n) is 6.30. The van der Waals surface area contributed by atoms with Crippen LogP contribution in [0.3, 0.4) is 0 Å². The number of benzene rings is 1. The summed E-state index contributed by atoms with van der Waals surface area (Å²) in [5.41, 5.74) is 3.48. The molecule has 4 nitrogen and oxygen atoms in total. The average molecular weight is 285 g/mol. The molecule has 1 aromatic rings. The van der Waals surface area contributed by atoms with Crippen LogP contribution in [-0.2, 0) is 10.0 Å². The Morgan fingerprint density at radius 3 is 1.95 bits per heavy atom. The molecule has 0 saturated carbocycles. The molecule has 108 valence electrons. The van der Waals surface area contributed by atoms with Gasteiger partial charge in [-0.1, -0.05) is 6.07 Å². The van der Waals surface area contributed by atoms with Crippen molar-refractivity contribution in [2.24, 2.45) is 0 Å². The molecule has 1 rings (SSSR count). The smallest absolute Gasteiger partial charge is 0.243 e. The summed E-state index contributed by atoms with van der Waals surface area (Å²) in [5.74, 6) is 0. The van der Waals surface area contributed by atoms with E-state index in [1.165, 1.54) is 11.4 Å². The van der Waals surface area contributed by atoms with E-state index in [0.29, 0.717) is 4.90 Å². The molecule has 0 amide bonds. The number of nitrogens with zero attached hydrogens (tertiary/aromatic N) is 1. The van der Waals surface area contributed by atoms with Crippen molar-refractivity contribution in [1.82, 2.24) is 4.31 Å². The maximum atomic E-state index is 12.7. The first-order chi connectivity index (χ1) is 8.64. The Hall–Kier alpha value is -0.910. The third kappa shape index (κ3) is 2.83. The van der Waals surface area contributed by atoms with Crippen LogP contribution in [0.1, 0.15) is 29.2 Å². The molecule has 0 radical (unpaired) electrons. The van der Waals surface area contributed by atoms with Gasteiger partial charge in [0, 0.05) is 13.1 Å². The quantitative estimate of drug-likeness (QED) is 0.919. The number of sulfonamides is 1. The molecular weight excluding hydrogens is 262 g/mol. The van der Waals surface area contributed by atoms with Gasteiger partial charge in [0.05, 0.1) is 11.5 Å². The second-order valence-electron chi connectivity index (χ2n) is 5.14. The van der Waals surface area contributed by atoms with Gasteiger partial charge in [-0.3, -0.25) is 0 Å². The van der Waals surface area contributed by atoms with Gasteiger partial charge in [0.2, 0.25) is 10.0 Å². The second kappa shape index (κ2) is 5.61. The lowest BCUT2D eigenvalue weighted by molar-refractivity contribution is 0.213. The van der Waals surface area contributed by atoms with Crippen LogP contribution in [0, 0.1) is 27.7 Å². The summed E-state index contributed by atoms with van der Waals surface area (Å²) in [5, 5.41) is 9.16. The lowest BCUT2D eigenvalue weighted by atomic mass is 10.0. The van der Waals surface area contributed by atoms with E-state index >= 15 is 0 Å². The number of hydrogen-bond acceptors (Lipinski definition) is 3. The fraction of sp³-hybridized carbons (Fsp3) is 0.571.